The van der Waals surface area contributed by atoms with Gasteiger partial charge in [0.15, 0.2) is 0 Å². The van der Waals surface area contributed by atoms with E-state index < -0.39 is 10.0 Å². The summed E-state index contributed by atoms with van der Waals surface area (Å²) >= 11 is 0. The van der Waals surface area contributed by atoms with Crippen molar-refractivity contribution in [2.45, 2.75) is 31.7 Å². The van der Waals surface area contributed by atoms with Gasteiger partial charge >= 0.3 is 0 Å². The molecule has 3 rings (SSSR count). The number of piperidine rings is 1. The number of nitrogens with one attached hydrogen (secondary N) is 1. The maximum absolute atomic E-state index is 12.9. The Morgan fingerprint density at radius 2 is 1.61 bits per heavy atom. The summed E-state index contributed by atoms with van der Waals surface area (Å²) in [6.07, 6.45) is 1.03. The average molecular weight is 405 g/mol. The molecule has 150 valence electrons. The van der Waals surface area contributed by atoms with Crippen molar-refractivity contribution in [1.82, 2.24) is 9.62 Å². The van der Waals surface area contributed by atoms with Crippen LogP contribution < -0.4 is 5.32 Å². The first-order valence-corrected chi connectivity index (χ1v) is 10.8. The van der Waals surface area contributed by atoms with Crippen LogP contribution in [0.15, 0.2) is 53.4 Å². The molecule has 28 heavy (non-hydrogen) atoms. The first kappa shape index (κ1) is 20.5. The second-order valence-electron chi connectivity index (χ2n) is 7.60. The van der Waals surface area contributed by atoms with Gasteiger partial charge in [0.05, 0.1) is 4.90 Å². The molecule has 0 aliphatic carbocycles. The largest absolute Gasteiger partial charge is 0.348 e. The Labute approximate surface area is 165 Å². The predicted octanol–water partition coefficient (Wildman–Crippen LogP) is 3.42. The number of carbonyl (C=O) groups is 1. The first-order chi connectivity index (χ1) is 13.3. The molecule has 5 nitrogen and oxygen atoms in total. The zero-order chi connectivity index (χ0) is 20.3. The van der Waals surface area contributed by atoms with E-state index in [4.69, 9.17) is 0 Å². The molecule has 1 heterocycles. The number of benzene rings is 2. The second kappa shape index (κ2) is 8.41. The molecule has 7 heteroatoms. The summed E-state index contributed by atoms with van der Waals surface area (Å²) in [5.74, 6) is 0.0166. The molecule has 0 aromatic heterocycles. The number of hydrogen-bond acceptors (Lipinski definition) is 3. The van der Waals surface area contributed by atoms with Crippen LogP contribution in [0.25, 0.3) is 0 Å². The molecule has 0 bridgehead atoms. The molecule has 1 fully saturated rings. The summed E-state index contributed by atoms with van der Waals surface area (Å²) in [5.41, 5.74) is 1.16. The van der Waals surface area contributed by atoms with Gasteiger partial charge in [-0.25, -0.2) is 12.8 Å². The molecule has 2 aromatic rings. The van der Waals surface area contributed by atoms with E-state index in [-0.39, 0.29) is 23.2 Å². The van der Waals surface area contributed by atoms with Gasteiger partial charge in [0.25, 0.3) is 5.91 Å². The Balaban J connectivity index is 1.66. The van der Waals surface area contributed by atoms with Gasteiger partial charge in [-0.1, -0.05) is 26.0 Å². The summed E-state index contributed by atoms with van der Waals surface area (Å²) in [6.45, 7) is 5.43. The highest BCUT2D eigenvalue weighted by atomic mass is 32.2. The van der Waals surface area contributed by atoms with E-state index in [0.717, 1.165) is 12.0 Å². The van der Waals surface area contributed by atoms with E-state index in [1.807, 2.05) is 0 Å². The van der Waals surface area contributed by atoms with Crippen LogP contribution in [0.1, 0.15) is 36.2 Å². The Morgan fingerprint density at radius 3 is 2.18 bits per heavy atom. The molecule has 0 radical (unpaired) electrons. The van der Waals surface area contributed by atoms with Crippen LogP contribution in [0.2, 0.25) is 0 Å². The molecule has 0 spiro atoms. The number of hydrogen-bond donors (Lipinski definition) is 1. The quantitative estimate of drug-likeness (QED) is 0.830. The molecule has 1 amide bonds. The van der Waals surface area contributed by atoms with Crippen LogP contribution in [-0.2, 0) is 16.6 Å². The fraction of sp³-hybridized carbons (Fsp3) is 0.381. The molecule has 0 saturated carbocycles. The van der Waals surface area contributed by atoms with Crippen LogP contribution in [0, 0.1) is 17.7 Å². The van der Waals surface area contributed by atoms with E-state index in [9.17, 15) is 17.6 Å². The third-order valence-corrected chi connectivity index (χ3v) is 6.80. The van der Waals surface area contributed by atoms with Gasteiger partial charge in [0.1, 0.15) is 5.82 Å². The molecule has 1 saturated heterocycles. The zero-order valence-electron chi connectivity index (χ0n) is 16.1. The van der Waals surface area contributed by atoms with E-state index in [0.29, 0.717) is 30.5 Å². The summed E-state index contributed by atoms with van der Waals surface area (Å²) in [6, 6.07) is 11.9. The fourth-order valence-electron chi connectivity index (χ4n) is 3.62. The Kier molecular flexibility index (Phi) is 6.15. The van der Waals surface area contributed by atoms with Gasteiger partial charge in [-0.2, -0.15) is 4.31 Å². The van der Waals surface area contributed by atoms with Crippen LogP contribution >= 0.6 is 0 Å². The smallest absolute Gasteiger partial charge is 0.251 e. The molecular formula is C21H25FN2O3S. The number of sulfonamides is 1. The third kappa shape index (κ3) is 4.77. The molecule has 2 aromatic carbocycles. The number of halogens is 1. The Bertz CT molecular complexity index is 917. The summed E-state index contributed by atoms with van der Waals surface area (Å²) in [7, 11) is -3.56. The van der Waals surface area contributed by atoms with Gasteiger partial charge in [-0.3, -0.25) is 4.79 Å². The number of nitrogens with zero attached hydrogens (tertiary/aromatic N) is 1. The minimum Gasteiger partial charge on any atom is -0.348 e. The zero-order valence-corrected chi connectivity index (χ0v) is 16.9. The van der Waals surface area contributed by atoms with Crippen molar-refractivity contribution >= 4 is 15.9 Å². The summed E-state index contributed by atoms with van der Waals surface area (Å²) in [5, 5.41) is 2.75. The highest BCUT2D eigenvalue weighted by Crippen LogP contribution is 2.26. The number of rotatable bonds is 5. The Morgan fingerprint density at radius 1 is 1.04 bits per heavy atom. The van der Waals surface area contributed by atoms with Crippen LogP contribution in [-0.4, -0.2) is 31.7 Å². The van der Waals surface area contributed by atoms with E-state index >= 15 is 0 Å². The topological polar surface area (TPSA) is 66.5 Å². The lowest BCUT2D eigenvalue weighted by atomic mass is 9.94. The molecule has 1 aliphatic rings. The van der Waals surface area contributed by atoms with E-state index in [1.54, 1.807) is 12.1 Å². The average Bonchev–Trinajstić information content (AvgIpc) is 2.66. The highest BCUT2D eigenvalue weighted by molar-refractivity contribution is 7.89. The van der Waals surface area contributed by atoms with Gasteiger partial charge in [-0.15, -0.1) is 0 Å². The maximum Gasteiger partial charge on any atom is 0.251 e. The molecule has 2 atom stereocenters. The lowest BCUT2D eigenvalue weighted by molar-refractivity contribution is 0.0951. The van der Waals surface area contributed by atoms with Crippen molar-refractivity contribution in [3.8, 4) is 0 Å². The molecule has 0 unspecified atom stereocenters. The minimum absolute atomic E-state index is 0.198. The monoisotopic (exact) mass is 404 g/mol. The molecular weight excluding hydrogens is 379 g/mol. The van der Waals surface area contributed by atoms with Crippen molar-refractivity contribution < 1.29 is 17.6 Å². The Hall–Kier alpha value is -2.25. The van der Waals surface area contributed by atoms with Crippen LogP contribution in [0.5, 0.6) is 0 Å². The molecule has 1 aliphatic heterocycles. The lowest BCUT2D eigenvalue weighted by Crippen LogP contribution is -2.42. The van der Waals surface area contributed by atoms with Crippen molar-refractivity contribution in [3.05, 3.63) is 65.5 Å². The van der Waals surface area contributed by atoms with Crippen molar-refractivity contribution in [3.63, 3.8) is 0 Å². The second-order valence-corrected chi connectivity index (χ2v) is 9.54. The maximum atomic E-state index is 12.9. The van der Waals surface area contributed by atoms with E-state index in [2.05, 4.69) is 19.2 Å². The van der Waals surface area contributed by atoms with Gasteiger partial charge in [-0.05, 0) is 60.2 Å². The summed E-state index contributed by atoms with van der Waals surface area (Å²) < 4.78 is 40.2. The third-order valence-electron chi connectivity index (χ3n) is 4.96. The number of amides is 1. The molecule has 1 N–H and O–H groups in total. The van der Waals surface area contributed by atoms with Gasteiger partial charge in [0.2, 0.25) is 10.0 Å². The summed E-state index contributed by atoms with van der Waals surface area (Å²) in [4.78, 5) is 12.5. The predicted molar refractivity (Wildman–Crippen MR) is 106 cm³/mol. The van der Waals surface area contributed by atoms with Crippen molar-refractivity contribution in [2.24, 2.45) is 11.8 Å². The number of carbonyl (C=O) groups excluding carboxylic acids is 1. The SMILES string of the molecule is C[C@@H]1C[C@@H](C)CN(S(=O)(=O)c2ccc(C(=O)NCc3ccc(F)cc3)cc2)C1. The standard InChI is InChI=1S/C21H25FN2O3S/c1-15-11-16(2)14-24(13-15)28(26,27)20-9-5-18(6-10-20)21(25)23-12-17-3-7-19(22)8-4-17/h3-10,15-16H,11-14H2,1-2H3,(H,23,25)/t15-,16-/m1/s1. The van der Waals surface area contributed by atoms with Gasteiger partial charge in [0, 0.05) is 25.2 Å². The fourth-order valence-corrected chi connectivity index (χ4v) is 5.30. The highest BCUT2D eigenvalue weighted by Gasteiger charge is 2.31. The van der Waals surface area contributed by atoms with Crippen LogP contribution in [0.3, 0.4) is 0 Å². The van der Waals surface area contributed by atoms with Crippen LogP contribution in [0.4, 0.5) is 4.39 Å². The normalized spacial score (nSPS) is 20.7. The van der Waals surface area contributed by atoms with Crippen molar-refractivity contribution in [2.75, 3.05) is 13.1 Å². The lowest BCUT2D eigenvalue weighted by Gasteiger charge is -2.34. The first-order valence-electron chi connectivity index (χ1n) is 9.38. The van der Waals surface area contributed by atoms with Gasteiger partial charge < -0.3 is 5.32 Å². The van der Waals surface area contributed by atoms with Crippen molar-refractivity contribution in [1.29, 1.82) is 0 Å². The minimum atomic E-state index is -3.56. The van der Waals surface area contributed by atoms with E-state index in [1.165, 1.54) is 40.7 Å².